The van der Waals surface area contributed by atoms with Crippen LogP contribution in [0.2, 0.25) is 5.28 Å². The summed E-state index contributed by atoms with van der Waals surface area (Å²) in [7, 11) is 3.37. The molecular formula is C9H16ClN5O. The number of halogens is 1. The smallest absolute Gasteiger partial charge is 0.228 e. The third kappa shape index (κ3) is 3.79. The molecule has 0 bridgehead atoms. The molecular weight excluding hydrogens is 230 g/mol. The first-order valence-corrected chi connectivity index (χ1v) is 5.23. The zero-order valence-corrected chi connectivity index (χ0v) is 10.6. The molecule has 0 saturated heterocycles. The topological polar surface area (TPSA) is 72.0 Å². The van der Waals surface area contributed by atoms with Crippen molar-refractivity contribution in [1.82, 2.24) is 15.0 Å². The minimum atomic E-state index is -0.293. The maximum atomic E-state index is 5.74. The molecule has 0 amide bonds. The van der Waals surface area contributed by atoms with Crippen molar-refractivity contribution in [3.8, 4) is 0 Å². The van der Waals surface area contributed by atoms with E-state index in [0.29, 0.717) is 18.4 Å². The highest BCUT2D eigenvalue weighted by Gasteiger charge is 2.16. The van der Waals surface area contributed by atoms with Crippen LogP contribution in [-0.2, 0) is 4.74 Å². The van der Waals surface area contributed by atoms with E-state index >= 15 is 0 Å². The fraction of sp³-hybridized carbons (Fsp3) is 0.667. The molecule has 1 aromatic rings. The van der Waals surface area contributed by atoms with Crippen LogP contribution in [0.25, 0.3) is 0 Å². The van der Waals surface area contributed by atoms with Crippen molar-refractivity contribution in [2.24, 2.45) is 0 Å². The summed E-state index contributed by atoms with van der Waals surface area (Å²) in [6.45, 7) is 4.50. The van der Waals surface area contributed by atoms with E-state index in [1.54, 1.807) is 14.2 Å². The lowest BCUT2D eigenvalue weighted by Gasteiger charge is -2.23. The monoisotopic (exact) mass is 245 g/mol. The molecule has 0 spiro atoms. The van der Waals surface area contributed by atoms with Gasteiger partial charge in [-0.25, -0.2) is 0 Å². The maximum Gasteiger partial charge on any atom is 0.228 e. The van der Waals surface area contributed by atoms with Gasteiger partial charge in [0.15, 0.2) is 0 Å². The molecule has 0 aliphatic heterocycles. The summed E-state index contributed by atoms with van der Waals surface area (Å²) in [5.74, 6) is 0.854. The van der Waals surface area contributed by atoms with Crippen molar-refractivity contribution < 1.29 is 4.74 Å². The van der Waals surface area contributed by atoms with E-state index < -0.39 is 0 Å². The maximum absolute atomic E-state index is 5.74. The molecule has 0 atom stereocenters. The summed E-state index contributed by atoms with van der Waals surface area (Å²) < 4.78 is 5.26. The molecule has 0 radical (unpaired) electrons. The average Bonchev–Trinajstić information content (AvgIpc) is 2.26. The van der Waals surface area contributed by atoms with Crippen LogP contribution < -0.4 is 10.6 Å². The number of nitrogens with one attached hydrogen (secondary N) is 2. The van der Waals surface area contributed by atoms with Crippen molar-refractivity contribution in [3.63, 3.8) is 0 Å². The second kappa shape index (κ2) is 5.27. The lowest BCUT2D eigenvalue weighted by molar-refractivity contribution is 0.0342. The van der Waals surface area contributed by atoms with Crippen molar-refractivity contribution in [2.75, 3.05) is 31.3 Å². The van der Waals surface area contributed by atoms with Crippen molar-refractivity contribution >= 4 is 23.5 Å². The fourth-order valence-electron chi connectivity index (χ4n) is 0.905. The van der Waals surface area contributed by atoms with E-state index in [2.05, 4.69) is 25.6 Å². The highest BCUT2D eigenvalue weighted by atomic mass is 35.5. The van der Waals surface area contributed by atoms with Gasteiger partial charge in [-0.15, -0.1) is 0 Å². The zero-order valence-electron chi connectivity index (χ0n) is 9.83. The molecule has 1 rings (SSSR count). The van der Waals surface area contributed by atoms with Crippen LogP contribution in [0, 0.1) is 0 Å². The molecule has 90 valence electrons. The molecule has 1 heterocycles. The average molecular weight is 246 g/mol. The third-order valence-corrected chi connectivity index (χ3v) is 2.23. The first-order valence-electron chi connectivity index (χ1n) is 4.85. The van der Waals surface area contributed by atoms with E-state index in [9.17, 15) is 0 Å². The molecule has 16 heavy (non-hydrogen) atoms. The van der Waals surface area contributed by atoms with Crippen LogP contribution in [0.3, 0.4) is 0 Å². The van der Waals surface area contributed by atoms with Crippen molar-refractivity contribution in [3.05, 3.63) is 5.28 Å². The number of nitrogens with zero attached hydrogens (tertiary/aromatic N) is 3. The molecule has 6 nitrogen and oxygen atoms in total. The summed E-state index contributed by atoms with van der Waals surface area (Å²) >= 11 is 5.74. The van der Waals surface area contributed by atoms with Crippen LogP contribution >= 0.6 is 11.6 Å². The zero-order chi connectivity index (χ0) is 12.2. The molecule has 0 aliphatic rings. The standard InChI is InChI=1S/C9H16ClN5O/c1-9(2,16-4)5-12-8-14-6(10)13-7(11-3)15-8/h5H2,1-4H3,(H2,11,12,13,14,15). The number of rotatable bonds is 5. The van der Waals surface area contributed by atoms with Gasteiger partial charge in [0.05, 0.1) is 5.60 Å². The molecule has 1 aromatic heterocycles. The van der Waals surface area contributed by atoms with Crippen molar-refractivity contribution in [2.45, 2.75) is 19.4 Å². The molecule has 0 aromatic carbocycles. The molecule has 7 heteroatoms. The summed E-state index contributed by atoms with van der Waals surface area (Å²) in [4.78, 5) is 11.9. The second-order valence-corrected chi connectivity index (χ2v) is 4.16. The summed E-state index contributed by atoms with van der Waals surface area (Å²) in [6.07, 6.45) is 0. The SMILES string of the molecule is CNc1nc(Cl)nc(NCC(C)(C)OC)n1. The normalized spacial score (nSPS) is 11.3. The van der Waals surface area contributed by atoms with Crippen LogP contribution in [-0.4, -0.2) is 41.3 Å². The summed E-state index contributed by atoms with van der Waals surface area (Å²) in [5.41, 5.74) is -0.293. The Morgan fingerprint density at radius 3 is 2.44 bits per heavy atom. The first kappa shape index (κ1) is 12.9. The number of anilines is 2. The van der Waals surface area contributed by atoms with Gasteiger partial charge in [-0.2, -0.15) is 15.0 Å². The minimum absolute atomic E-state index is 0.150. The Hall–Kier alpha value is -1.14. The van der Waals surface area contributed by atoms with Crippen LogP contribution in [0.5, 0.6) is 0 Å². The Bertz CT molecular complexity index is 358. The van der Waals surface area contributed by atoms with Gasteiger partial charge in [0.1, 0.15) is 0 Å². The Labute approximate surface area is 99.8 Å². The third-order valence-electron chi connectivity index (χ3n) is 2.06. The number of methoxy groups -OCH3 is 1. The Morgan fingerprint density at radius 2 is 1.88 bits per heavy atom. The molecule has 0 aliphatic carbocycles. The van der Waals surface area contributed by atoms with Gasteiger partial charge in [0, 0.05) is 20.7 Å². The van der Waals surface area contributed by atoms with Crippen LogP contribution in [0.4, 0.5) is 11.9 Å². The highest BCUT2D eigenvalue weighted by Crippen LogP contribution is 2.12. The second-order valence-electron chi connectivity index (χ2n) is 3.82. The van der Waals surface area contributed by atoms with E-state index in [1.807, 2.05) is 13.8 Å². The summed E-state index contributed by atoms with van der Waals surface area (Å²) in [5, 5.41) is 5.99. The fourth-order valence-corrected chi connectivity index (χ4v) is 1.07. The van der Waals surface area contributed by atoms with Crippen LogP contribution in [0.1, 0.15) is 13.8 Å². The van der Waals surface area contributed by atoms with Gasteiger partial charge in [-0.1, -0.05) is 0 Å². The van der Waals surface area contributed by atoms with Gasteiger partial charge in [0.25, 0.3) is 0 Å². The van der Waals surface area contributed by atoms with E-state index in [0.717, 1.165) is 0 Å². The predicted molar refractivity (Wildman–Crippen MR) is 64.0 cm³/mol. The highest BCUT2D eigenvalue weighted by molar-refractivity contribution is 6.28. The largest absolute Gasteiger partial charge is 0.377 e. The van der Waals surface area contributed by atoms with Gasteiger partial charge in [-0.3, -0.25) is 0 Å². The number of aromatic nitrogens is 3. The van der Waals surface area contributed by atoms with E-state index in [-0.39, 0.29) is 10.9 Å². The van der Waals surface area contributed by atoms with Gasteiger partial charge >= 0.3 is 0 Å². The predicted octanol–water partition coefficient (Wildman–Crippen LogP) is 1.40. The van der Waals surface area contributed by atoms with Gasteiger partial charge in [-0.05, 0) is 25.4 Å². The number of hydrogen-bond acceptors (Lipinski definition) is 6. The van der Waals surface area contributed by atoms with Gasteiger partial charge < -0.3 is 15.4 Å². The van der Waals surface area contributed by atoms with E-state index in [4.69, 9.17) is 16.3 Å². The number of hydrogen-bond donors (Lipinski definition) is 2. The molecule has 2 N–H and O–H groups in total. The Balaban J connectivity index is 2.70. The number of ether oxygens (including phenoxy) is 1. The minimum Gasteiger partial charge on any atom is -0.377 e. The Kier molecular flexibility index (Phi) is 4.26. The molecule has 0 unspecified atom stereocenters. The molecule has 0 fully saturated rings. The van der Waals surface area contributed by atoms with Crippen LogP contribution in [0.15, 0.2) is 0 Å². The lowest BCUT2D eigenvalue weighted by atomic mass is 10.1. The van der Waals surface area contributed by atoms with Crippen molar-refractivity contribution in [1.29, 1.82) is 0 Å². The van der Waals surface area contributed by atoms with E-state index in [1.165, 1.54) is 0 Å². The lowest BCUT2D eigenvalue weighted by Crippen LogP contribution is -2.32. The quantitative estimate of drug-likeness (QED) is 0.817. The Morgan fingerprint density at radius 1 is 1.25 bits per heavy atom. The van der Waals surface area contributed by atoms with Gasteiger partial charge in [0.2, 0.25) is 17.2 Å². The first-order chi connectivity index (χ1) is 7.46. The summed E-state index contributed by atoms with van der Waals surface area (Å²) in [6, 6.07) is 0. The molecule has 0 saturated carbocycles.